The fraction of sp³-hybridized carbons (Fsp3) is 1.00. The second kappa shape index (κ2) is 7.67. The first kappa shape index (κ1) is 14.5. The molecule has 0 heterocycles. The van der Waals surface area contributed by atoms with E-state index in [1.165, 1.54) is 32.1 Å². The fourth-order valence-corrected chi connectivity index (χ4v) is 3.11. The van der Waals surface area contributed by atoms with Gasteiger partial charge in [-0.25, -0.2) is 0 Å². The largest absolute Gasteiger partial charge is 0.378 e. The Labute approximate surface area is 108 Å². The topological polar surface area (TPSA) is 18.5 Å². The summed E-state index contributed by atoms with van der Waals surface area (Å²) in [6, 6.07) is 0. The van der Waals surface area contributed by atoms with E-state index in [2.05, 4.69) is 29.8 Å². The average Bonchev–Trinajstić information content (AvgIpc) is 2.24. The normalized spacial score (nSPS) is 31.1. The van der Waals surface area contributed by atoms with E-state index in [-0.39, 0.29) is 6.10 Å². The van der Waals surface area contributed by atoms with Crippen molar-refractivity contribution in [2.75, 3.05) is 7.11 Å². The van der Waals surface area contributed by atoms with E-state index in [0.717, 1.165) is 6.42 Å². The third kappa shape index (κ3) is 4.34. The van der Waals surface area contributed by atoms with Crippen LogP contribution >= 0.6 is 15.9 Å². The lowest BCUT2D eigenvalue weighted by Crippen LogP contribution is -2.51. The summed E-state index contributed by atoms with van der Waals surface area (Å²) in [4.78, 5) is 0.481. The van der Waals surface area contributed by atoms with Crippen LogP contribution in [-0.2, 0) is 9.47 Å². The molecule has 1 saturated carbocycles. The van der Waals surface area contributed by atoms with Crippen LogP contribution in [0.4, 0.5) is 0 Å². The van der Waals surface area contributed by atoms with Gasteiger partial charge >= 0.3 is 0 Å². The molecular formula is C13H25BrO2. The number of methoxy groups -OCH3 is 1. The Kier molecular flexibility index (Phi) is 6.94. The minimum absolute atomic E-state index is 0.248. The summed E-state index contributed by atoms with van der Waals surface area (Å²) in [6.45, 7) is 4.42. The highest BCUT2D eigenvalue weighted by Gasteiger charge is 2.41. The zero-order valence-corrected chi connectivity index (χ0v) is 12.3. The molecular weight excluding hydrogens is 268 g/mol. The number of hydrogen-bond donors (Lipinski definition) is 0. The van der Waals surface area contributed by atoms with Gasteiger partial charge in [-0.05, 0) is 19.8 Å². The van der Waals surface area contributed by atoms with Crippen molar-refractivity contribution in [1.29, 1.82) is 0 Å². The highest BCUT2D eigenvalue weighted by atomic mass is 79.9. The molecule has 0 saturated heterocycles. The predicted molar refractivity (Wildman–Crippen MR) is 71.2 cm³/mol. The Morgan fingerprint density at radius 1 is 1.31 bits per heavy atom. The maximum Gasteiger partial charge on any atom is 0.0958 e. The lowest BCUT2D eigenvalue weighted by atomic mass is 9.91. The van der Waals surface area contributed by atoms with Gasteiger partial charge in [0.05, 0.1) is 18.3 Å². The first-order valence-electron chi connectivity index (χ1n) is 6.51. The summed E-state index contributed by atoms with van der Waals surface area (Å²) in [5.41, 5.74) is 0. The van der Waals surface area contributed by atoms with Crippen LogP contribution in [0.15, 0.2) is 0 Å². The Bertz CT molecular complexity index is 187. The van der Waals surface area contributed by atoms with Crippen molar-refractivity contribution in [3.63, 3.8) is 0 Å². The van der Waals surface area contributed by atoms with Gasteiger partial charge in [0.2, 0.25) is 0 Å². The quantitative estimate of drug-likeness (QED) is 0.499. The predicted octanol–water partition coefficient (Wildman–Crippen LogP) is 3.91. The number of rotatable bonds is 8. The Hall–Kier alpha value is 0.400. The fourth-order valence-electron chi connectivity index (χ4n) is 2.18. The van der Waals surface area contributed by atoms with Crippen molar-refractivity contribution in [1.82, 2.24) is 0 Å². The Morgan fingerprint density at radius 3 is 2.62 bits per heavy atom. The summed E-state index contributed by atoms with van der Waals surface area (Å²) >= 11 is 3.59. The van der Waals surface area contributed by atoms with Gasteiger partial charge in [-0.1, -0.05) is 48.5 Å². The molecule has 0 radical (unpaired) electrons. The number of halogens is 1. The minimum Gasteiger partial charge on any atom is -0.378 e. The molecule has 3 heteroatoms. The molecule has 16 heavy (non-hydrogen) atoms. The molecule has 1 aliphatic rings. The first-order chi connectivity index (χ1) is 7.69. The second-order valence-electron chi connectivity index (χ2n) is 4.79. The van der Waals surface area contributed by atoms with Crippen molar-refractivity contribution < 1.29 is 9.47 Å². The van der Waals surface area contributed by atoms with Gasteiger partial charge < -0.3 is 9.47 Å². The van der Waals surface area contributed by atoms with E-state index < -0.39 is 0 Å². The van der Waals surface area contributed by atoms with E-state index in [1.807, 2.05) is 0 Å². The molecule has 1 fully saturated rings. The maximum atomic E-state index is 5.99. The van der Waals surface area contributed by atoms with Gasteiger partial charge in [-0.2, -0.15) is 0 Å². The van der Waals surface area contributed by atoms with Crippen molar-refractivity contribution >= 4 is 15.9 Å². The monoisotopic (exact) mass is 292 g/mol. The summed E-state index contributed by atoms with van der Waals surface area (Å²) < 4.78 is 11.4. The zero-order chi connectivity index (χ0) is 12.0. The third-order valence-corrected chi connectivity index (χ3v) is 4.22. The minimum atomic E-state index is 0.248. The molecule has 0 N–H and O–H groups in total. The van der Waals surface area contributed by atoms with Gasteiger partial charge in [0.1, 0.15) is 0 Å². The highest BCUT2D eigenvalue weighted by Crippen LogP contribution is 2.33. The molecule has 4 atom stereocenters. The molecule has 96 valence electrons. The van der Waals surface area contributed by atoms with Crippen LogP contribution in [0.25, 0.3) is 0 Å². The van der Waals surface area contributed by atoms with Gasteiger partial charge in [0, 0.05) is 11.9 Å². The molecule has 2 nitrogen and oxygen atoms in total. The Morgan fingerprint density at radius 2 is 2.06 bits per heavy atom. The molecule has 0 aromatic heterocycles. The lowest BCUT2D eigenvalue weighted by Gasteiger charge is -2.41. The Balaban J connectivity index is 2.07. The van der Waals surface area contributed by atoms with Gasteiger partial charge in [0.15, 0.2) is 0 Å². The van der Waals surface area contributed by atoms with Crippen molar-refractivity contribution in [2.24, 2.45) is 0 Å². The van der Waals surface area contributed by atoms with Crippen molar-refractivity contribution in [3.05, 3.63) is 0 Å². The molecule has 0 aromatic rings. The van der Waals surface area contributed by atoms with E-state index in [9.17, 15) is 0 Å². The SMILES string of the molecule is CCCCCCC(C)OC1CC(Br)C1OC. The van der Waals surface area contributed by atoms with Crippen LogP contribution in [0, 0.1) is 0 Å². The molecule has 4 unspecified atom stereocenters. The van der Waals surface area contributed by atoms with Gasteiger partial charge in [-0.3, -0.25) is 0 Å². The van der Waals surface area contributed by atoms with Crippen LogP contribution in [-0.4, -0.2) is 30.2 Å². The van der Waals surface area contributed by atoms with E-state index in [0.29, 0.717) is 17.0 Å². The standard InChI is InChI=1S/C13H25BrO2/c1-4-5-6-7-8-10(2)16-12-9-11(14)13(12)15-3/h10-13H,4-9H2,1-3H3. The number of ether oxygens (including phenoxy) is 2. The number of unbranched alkanes of at least 4 members (excludes halogenated alkanes) is 3. The van der Waals surface area contributed by atoms with Crippen molar-refractivity contribution in [3.8, 4) is 0 Å². The second-order valence-corrected chi connectivity index (χ2v) is 5.96. The van der Waals surface area contributed by atoms with Crippen LogP contribution < -0.4 is 0 Å². The summed E-state index contributed by atoms with van der Waals surface area (Å²) in [6.07, 6.45) is 8.46. The summed E-state index contributed by atoms with van der Waals surface area (Å²) in [7, 11) is 1.76. The summed E-state index contributed by atoms with van der Waals surface area (Å²) in [5.74, 6) is 0. The molecule has 0 amide bonds. The molecule has 0 aliphatic heterocycles. The van der Waals surface area contributed by atoms with Crippen LogP contribution in [0.2, 0.25) is 0 Å². The first-order valence-corrected chi connectivity index (χ1v) is 7.43. The molecule has 0 spiro atoms. The van der Waals surface area contributed by atoms with Gasteiger partial charge in [0.25, 0.3) is 0 Å². The number of alkyl halides is 1. The van der Waals surface area contributed by atoms with Crippen LogP contribution in [0.1, 0.15) is 52.4 Å². The third-order valence-electron chi connectivity index (χ3n) is 3.32. The highest BCUT2D eigenvalue weighted by molar-refractivity contribution is 9.09. The van der Waals surface area contributed by atoms with Crippen LogP contribution in [0.5, 0.6) is 0 Å². The molecule has 1 aliphatic carbocycles. The molecule has 0 bridgehead atoms. The average molecular weight is 293 g/mol. The van der Waals surface area contributed by atoms with E-state index in [4.69, 9.17) is 9.47 Å². The van der Waals surface area contributed by atoms with E-state index in [1.54, 1.807) is 7.11 Å². The van der Waals surface area contributed by atoms with Crippen LogP contribution in [0.3, 0.4) is 0 Å². The number of hydrogen-bond acceptors (Lipinski definition) is 2. The maximum absolute atomic E-state index is 5.99. The molecule has 1 rings (SSSR count). The lowest BCUT2D eigenvalue weighted by molar-refractivity contribution is -0.131. The molecule has 0 aromatic carbocycles. The van der Waals surface area contributed by atoms with Crippen molar-refractivity contribution in [2.45, 2.75) is 75.5 Å². The smallest absolute Gasteiger partial charge is 0.0958 e. The van der Waals surface area contributed by atoms with Gasteiger partial charge in [-0.15, -0.1) is 0 Å². The van der Waals surface area contributed by atoms with E-state index >= 15 is 0 Å². The summed E-state index contributed by atoms with van der Waals surface area (Å²) in [5, 5.41) is 0. The zero-order valence-electron chi connectivity index (χ0n) is 10.7.